The van der Waals surface area contributed by atoms with Gasteiger partial charge in [-0.2, -0.15) is 11.8 Å². The number of hydrogen-bond donors (Lipinski definition) is 2. The van der Waals surface area contributed by atoms with Crippen LogP contribution in [0.1, 0.15) is 12.0 Å². The lowest BCUT2D eigenvalue weighted by atomic mass is 10.2. The molecule has 0 atom stereocenters. The first-order valence-corrected chi connectivity index (χ1v) is 9.60. The summed E-state index contributed by atoms with van der Waals surface area (Å²) < 4.78 is 27.6. The predicted molar refractivity (Wildman–Crippen MR) is 85.1 cm³/mol. The van der Waals surface area contributed by atoms with Crippen molar-refractivity contribution < 1.29 is 8.42 Å². The van der Waals surface area contributed by atoms with Crippen LogP contribution in [0.4, 0.5) is 0 Å². The van der Waals surface area contributed by atoms with E-state index in [1.54, 1.807) is 23.9 Å². The topological polar surface area (TPSA) is 58.2 Å². The monoisotopic (exact) mass is 366 g/mol. The van der Waals surface area contributed by atoms with Gasteiger partial charge in [-0.1, -0.05) is 6.07 Å². The number of halogens is 1. The Bertz CT molecular complexity index is 506. The molecular weight excluding hydrogens is 348 g/mol. The summed E-state index contributed by atoms with van der Waals surface area (Å²) in [4.78, 5) is 0.296. The number of nitrogens with one attached hydrogen (secondary N) is 2. The fourth-order valence-corrected chi connectivity index (χ4v) is 4.09. The molecule has 0 aromatic heterocycles. The molecule has 0 amide bonds. The largest absolute Gasteiger partial charge is 0.316 e. The van der Waals surface area contributed by atoms with Crippen molar-refractivity contribution in [1.29, 1.82) is 0 Å². The third-order valence-electron chi connectivity index (χ3n) is 2.48. The van der Waals surface area contributed by atoms with E-state index in [0.29, 0.717) is 22.5 Å². The predicted octanol–water partition coefficient (Wildman–Crippen LogP) is 2.20. The molecule has 0 fully saturated rings. The zero-order valence-electron chi connectivity index (χ0n) is 11.1. The van der Waals surface area contributed by atoms with Crippen LogP contribution in [-0.4, -0.2) is 34.0 Å². The summed E-state index contributed by atoms with van der Waals surface area (Å²) in [7, 11) is -1.62. The highest BCUT2D eigenvalue weighted by atomic mass is 79.9. The minimum absolute atomic E-state index is 0.296. The Kier molecular flexibility index (Phi) is 7.38. The molecule has 0 heterocycles. The van der Waals surface area contributed by atoms with Crippen LogP contribution in [0, 0.1) is 0 Å². The van der Waals surface area contributed by atoms with Gasteiger partial charge in [0, 0.05) is 17.6 Å². The van der Waals surface area contributed by atoms with Crippen molar-refractivity contribution in [3.63, 3.8) is 0 Å². The van der Waals surface area contributed by atoms with Crippen LogP contribution in [0.5, 0.6) is 0 Å². The molecule has 19 heavy (non-hydrogen) atoms. The molecule has 0 bridgehead atoms. The summed E-state index contributed by atoms with van der Waals surface area (Å²) >= 11 is 5.00. The summed E-state index contributed by atoms with van der Waals surface area (Å²) in [6.45, 7) is 1.11. The first kappa shape index (κ1) is 17.0. The number of hydrogen-bond acceptors (Lipinski definition) is 4. The summed E-state index contributed by atoms with van der Waals surface area (Å²) in [5.74, 6) is 0.948. The molecular formula is C12H19BrN2O2S2. The van der Waals surface area contributed by atoms with Crippen molar-refractivity contribution in [1.82, 2.24) is 10.0 Å². The van der Waals surface area contributed by atoms with Gasteiger partial charge in [0.2, 0.25) is 10.0 Å². The molecule has 0 aliphatic heterocycles. The Hall–Kier alpha value is -0.0800. The van der Waals surface area contributed by atoms with Crippen LogP contribution in [0.25, 0.3) is 0 Å². The molecule has 4 nitrogen and oxygen atoms in total. The number of rotatable bonds is 8. The third kappa shape index (κ3) is 5.43. The third-order valence-corrected chi connectivity index (χ3v) is 5.64. The first-order valence-electron chi connectivity index (χ1n) is 5.93. The van der Waals surface area contributed by atoms with Crippen LogP contribution in [0.15, 0.2) is 27.6 Å². The van der Waals surface area contributed by atoms with Gasteiger partial charge >= 0.3 is 0 Å². The van der Waals surface area contributed by atoms with Crippen molar-refractivity contribution in [3.8, 4) is 0 Å². The van der Waals surface area contributed by atoms with Crippen LogP contribution >= 0.6 is 27.7 Å². The fraction of sp³-hybridized carbons (Fsp3) is 0.500. The average Bonchev–Trinajstić information content (AvgIpc) is 2.37. The van der Waals surface area contributed by atoms with E-state index in [0.717, 1.165) is 17.7 Å². The van der Waals surface area contributed by atoms with Crippen molar-refractivity contribution in [2.75, 3.05) is 25.6 Å². The maximum atomic E-state index is 12.2. The van der Waals surface area contributed by atoms with Gasteiger partial charge in [0.1, 0.15) is 0 Å². The lowest BCUT2D eigenvalue weighted by molar-refractivity contribution is 0.580. The first-order chi connectivity index (χ1) is 9.01. The summed E-state index contributed by atoms with van der Waals surface area (Å²) in [6, 6.07) is 5.36. The standard InChI is InChI=1S/C12H19BrN2O2S2/c1-14-9-10-4-5-11(13)12(8-10)19(16,17)15-6-3-7-18-2/h4-5,8,14-15H,3,6-7,9H2,1-2H3. The summed E-state index contributed by atoms with van der Waals surface area (Å²) in [5.41, 5.74) is 0.940. The zero-order valence-corrected chi connectivity index (χ0v) is 14.3. The van der Waals surface area contributed by atoms with Crippen LogP contribution in [-0.2, 0) is 16.6 Å². The maximum Gasteiger partial charge on any atom is 0.241 e. The van der Waals surface area contributed by atoms with Gasteiger partial charge in [0.25, 0.3) is 0 Å². The molecule has 0 radical (unpaired) electrons. The second-order valence-corrected chi connectivity index (χ2v) is 7.61. The zero-order chi connectivity index (χ0) is 14.3. The molecule has 1 aromatic carbocycles. The van der Waals surface area contributed by atoms with E-state index in [2.05, 4.69) is 26.0 Å². The van der Waals surface area contributed by atoms with E-state index < -0.39 is 10.0 Å². The smallest absolute Gasteiger partial charge is 0.241 e. The van der Waals surface area contributed by atoms with Gasteiger partial charge in [-0.3, -0.25) is 0 Å². The van der Waals surface area contributed by atoms with Gasteiger partial charge < -0.3 is 5.32 Å². The quantitative estimate of drug-likeness (QED) is 0.692. The molecule has 1 aromatic rings. The second kappa shape index (κ2) is 8.26. The maximum absolute atomic E-state index is 12.2. The fourth-order valence-electron chi connectivity index (χ4n) is 1.57. The van der Waals surface area contributed by atoms with Crippen molar-refractivity contribution in [2.45, 2.75) is 17.9 Å². The number of sulfonamides is 1. The molecule has 0 saturated carbocycles. The second-order valence-electron chi connectivity index (χ2n) is 4.04. The van der Waals surface area contributed by atoms with E-state index in [1.165, 1.54) is 0 Å². The van der Waals surface area contributed by atoms with Gasteiger partial charge in [-0.25, -0.2) is 13.1 Å². The van der Waals surface area contributed by atoms with E-state index in [1.807, 2.05) is 19.4 Å². The van der Waals surface area contributed by atoms with Crippen LogP contribution in [0.3, 0.4) is 0 Å². The summed E-state index contributed by atoms with van der Waals surface area (Å²) in [5, 5.41) is 3.01. The van der Waals surface area contributed by atoms with Crippen LogP contribution < -0.4 is 10.0 Å². The Morgan fingerprint density at radius 1 is 1.37 bits per heavy atom. The molecule has 0 spiro atoms. The number of benzene rings is 1. The van der Waals surface area contributed by atoms with E-state index >= 15 is 0 Å². The van der Waals surface area contributed by atoms with Crippen molar-refractivity contribution in [2.24, 2.45) is 0 Å². The number of thioether (sulfide) groups is 1. The molecule has 1 rings (SSSR count). The highest BCUT2D eigenvalue weighted by Gasteiger charge is 2.17. The van der Waals surface area contributed by atoms with Gasteiger partial charge in [0.15, 0.2) is 0 Å². The van der Waals surface area contributed by atoms with Gasteiger partial charge in [0.05, 0.1) is 4.90 Å². The molecule has 0 aliphatic rings. The van der Waals surface area contributed by atoms with E-state index in [-0.39, 0.29) is 0 Å². The molecule has 0 unspecified atom stereocenters. The highest BCUT2D eigenvalue weighted by Crippen LogP contribution is 2.23. The van der Waals surface area contributed by atoms with Crippen molar-refractivity contribution in [3.05, 3.63) is 28.2 Å². The molecule has 2 N–H and O–H groups in total. The lowest BCUT2D eigenvalue weighted by Crippen LogP contribution is -2.25. The Morgan fingerprint density at radius 2 is 2.11 bits per heavy atom. The highest BCUT2D eigenvalue weighted by molar-refractivity contribution is 9.10. The Morgan fingerprint density at radius 3 is 2.74 bits per heavy atom. The summed E-state index contributed by atoms with van der Waals surface area (Å²) in [6.07, 6.45) is 2.83. The SMILES string of the molecule is CNCc1ccc(Br)c(S(=O)(=O)NCCCSC)c1. The van der Waals surface area contributed by atoms with Gasteiger partial charge in [-0.05, 0) is 59.1 Å². The van der Waals surface area contributed by atoms with Crippen molar-refractivity contribution >= 4 is 37.7 Å². The Balaban J connectivity index is 2.84. The van der Waals surface area contributed by atoms with Gasteiger partial charge in [-0.15, -0.1) is 0 Å². The minimum atomic E-state index is -3.45. The van der Waals surface area contributed by atoms with E-state index in [9.17, 15) is 8.42 Å². The average molecular weight is 367 g/mol. The van der Waals surface area contributed by atoms with E-state index in [4.69, 9.17) is 0 Å². The van der Waals surface area contributed by atoms with Crippen LogP contribution in [0.2, 0.25) is 0 Å². The lowest BCUT2D eigenvalue weighted by Gasteiger charge is -2.10. The minimum Gasteiger partial charge on any atom is -0.316 e. The molecule has 7 heteroatoms. The normalized spacial score (nSPS) is 11.7. The Labute approximate surface area is 127 Å². The molecule has 0 saturated heterocycles. The molecule has 0 aliphatic carbocycles. The molecule has 108 valence electrons.